The van der Waals surface area contributed by atoms with Crippen molar-refractivity contribution in [2.75, 3.05) is 0 Å². The maximum absolute atomic E-state index is 12.3. The van der Waals surface area contributed by atoms with Gasteiger partial charge in [-0.15, -0.1) is 0 Å². The van der Waals surface area contributed by atoms with E-state index in [4.69, 9.17) is 11.6 Å². The summed E-state index contributed by atoms with van der Waals surface area (Å²) >= 11 is 5.78. The molecule has 2 rings (SSSR count). The molecule has 0 saturated heterocycles. The minimum Gasteiger partial charge on any atom is -0.200 e. The molecule has 0 saturated carbocycles. The fraction of sp³-hybridized carbons (Fsp3) is 0.235. The predicted octanol–water partition coefficient (Wildman–Crippen LogP) is 4.21. The van der Waals surface area contributed by atoms with Crippen molar-refractivity contribution in [3.05, 3.63) is 65.2 Å². The molecular formula is C17H19ClN2O2S. The molecule has 2 aromatic rings. The van der Waals surface area contributed by atoms with Crippen LogP contribution in [0.1, 0.15) is 31.7 Å². The third kappa shape index (κ3) is 5.08. The smallest absolute Gasteiger partial charge is 0.200 e. The quantitative estimate of drug-likeness (QED) is 0.600. The first kappa shape index (κ1) is 17.5. The first-order valence-electron chi connectivity index (χ1n) is 7.42. The summed E-state index contributed by atoms with van der Waals surface area (Å²) in [5.41, 5.74) is 1.64. The van der Waals surface area contributed by atoms with Gasteiger partial charge in [-0.3, -0.25) is 0 Å². The van der Waals surface area contributed by atoms with Crippen molar-refractivity contribution in [2.24, 2.45) is 5.10 Å². The molecular weight excluding hydrogens is 332 g/mol. The van der Waals surface area contributed by atoms with Crippen LogP contribution in [0.15, 0.2) is 64.6 Å². The number of hydrogen-bond acceptors (Lipinski definition) is 3. The van der Waals surface area contributed by atoms with Crippen molar-refractivity contribution in [2.45, 2.75) is 31.1 Å². The number of halogens is 1. The van der Waals surface area contributed by atoms with Crippen molar-refractivity contribution in [1.29, 1.82) is 0 Å². The van der Waals surface area contributed by atoms with Crippen LogP contribution in [0, 0.1) is 0 Å². The van der Waals surface area contributed by atoms with Gasteiger partial charge >= 0.3 is 0 Å². The first-order valence-corrected chi connectivity index (χ1v) is 9.28. The minimum absolute atomic E-state index is 0.133. The number of hydrogen-bond donors (Lipinski definition) is 1. The van der Waals surface area contributed by atoms with E-state index < -0.39 is 10.0 Å². The Hall–Kier alpha value is -1.85. The topological polar surface area (TPSA) is 58.5 Å². The van der Waals surface area contributed by atoms with Gasteiger partial charge in [0.2, 0.25) is 0 Å². The molecule has 4 nitrogen and oxygen atoms in total. The molecule has 122 valence electrons. The molecule has 0 fully saturated rings. The summed E-state index contributed by atoms with van der Waals surface area (Å²) in [4.78, 5) is 2.45. The number of unbranched alkanes of at least 4 members (excludes halogenated alkanes) is 1. The van der Waals surface area contributed by atoms with Gasteiger partial charge in [0.1, 0.15) is 0 Å². The van der Waals surface area contributed by atoms with Gasteiger partial charge in [0.15, 0.2) is 0 Å². The van der Waals surface area contributed by atoms with Crippen molar-refractivity contribution in [3.8, 4) is 0 Å². The van der Waals surface area contributed by atoms with Gasteiger partial charge in [-0.1, -0.05) is 55.3 Å². The number of nitrogens with zero attached hydrogens (tertiary/aromatic N) is 1. The summed E-state index contributed by atoms with van der Waals surface area (Å²) in [6.07, 6.45) is 2.66. The van der Waals surface area contributed by atoms with Crippen LogP contribution < -0.4 is 4.83 Å². The highest BCUT2D eigenvalue weighted by Crippen LogP contribution is 2.14. The summed E-state index contributed by atoms with van der Waals surface area (Å²) in [5, 5.41) is 4.63. The van der Waals surface area contributed by atoms with Gasteiger partial charge in [-0.05, 0) is 42.7 Å². The van der Waals surface area contributed by atoms with E-state index in [1.54, 1.807) is 0 Å². The van der Waals surface area contributed by atoms with E-state index in [2.05, 4.69) is 16.9 Å². The first-order chi connectivity index (χ1) is 11.0. The Balaban J connectivity index is 2.23. The van der Waals surface area contributed by atoms with Gasteiger partial charge in [0, 0.05) is 5.02 Å². The van der Waals surface area contributed by atoms with E-state index in [-0.39, 0.29) is 4.90 Å². The summed E-state index contributed by atoms with van der Waals surface area (Å²) < 4.78 is 24.6. The van der Waals surface area contributed by atoms with E-state index in [9.17, 15) is 8.42 Å². The van der Waals surface area contributed by atoms with Crippen LogP contribution in [0.5, 0.6) is 0 Å². The lowest BCUT2D eigenvalue weighted by atomic mass is 10.1. The van der Waals surface area contributed by atoms with E-state index >= 15 is 0 Å². The van der Waals surface area contributed by atoms with Crippen LogP contribution in [0.2, 0.25) is 5.02 Å². The SMILES string of the molecule is CCCC/C(=N/NS(=O)(=O)c1ccc(Cl)cc1)c1ccccc1. The highest BCUT2D eigenvalue weighted by Gasteiger charge is 2.13. The number of rotatable bonds is 7. The standard InChI is InChI=1S/C17H19ClN2O2S/c1-2-3-9-17(14-7-5-4-6-8-14)19-20-23(21,22)16-12-10-15(18)11-13-16/h4-8,10-13,20H,2-3,9H2,1H3/b19-17-. The minimum atomic E-state index is -3.70. The molecule has 2 aromatic carbocycles. The van der Waals surface area contributed by atoms with Crippen LogP contribution in [0.25, 0.3) is 0 Å². The Kier molecular flexibility index (Phi) is 6.19. The van der Waals surface area contributed by atoms with Crippen molar-refractivity contribution in [1.82, 2.24) is 4.83 Å². The highest BCUT2D eigenvalue weighted by molar-refractivity contribution is 7.89. The molecule has 0 spiro atoms. The molecule has 0 aliphatic rings. The summed E-state index contributed by atoms with van der Waals surface area (Å²) in [6.45, 7) is 2.08. The van der Waals surface area contributed by atoms with Gasteiger partial charge in [0.05, 0.1) is 10.6 Å². The Bertz CT molecular complexity index is 757. The van der Waals surface area contributed by atoms with Gasteiger partial charge < -0.3 is 0 Å². The number of nitrogens with one attached hydrogen (secondary N) is 1. The lowest BCUT2D eigenvalue weighted by molar-refractivity contribution is 0.584. The van der Waals surface area contributed by atoms with E-state index in [1.165, 1.54) is 24.3 Å². The van der Waals surface area contributed by atoms with Gasteiger partial charge in [-0.2, -0.15) is 18.4 Å². The third-order valence-corrected chi connectivity index (χ3v) is 4.78. The van der Waals surface area contributed by atoms with Gasteiger partial charge in [0.25, 0.3) is 10.0 Å². The molecule has 0 atom stereocenters. The Morgan fingerprint density at radius 2 is 1.74 bits per heavy atom. The fourth-order valence-electron chi connectivity index (χ4n) is 2.02. The molecule has 23 heavy (non-hydrogen) atoms. The molecule has 0 aliphatic carbocycles. The van der Waals surface area contributed by atoms with Crippen molar-refractivity contribution < 1.29 is 8.42 Å². The fourth-order valence-corrected chi connectivity index (χ4v) is 2.98. The lowest BCUT2D eigenvalue weighted by Crippen LogP contribution is -2.20. The zero-order valence-corrected chi connectivity index (χ0v) is 14.4. The van der Waals surface area contributed by atoms with Crippen LogP contribution in [0.4, 0.5) is 0 Å². The van der Waals surface area contributed by atoms with Crippen LogP contribution >= 0.6 is 11.6 Å². The summed E-state index contributed by atoms with van der Waals surface area (Å²) in [5.74, 6) is 0. The number of hydrazone groups is 1. The normalized spacial score (nSPS) is 12.2. The Morgan fingerprint density at radius 1 is 1.09 bits per heavy atom. The second kappa shape index (κ2) is 8.13. The zero-order valence-electron chi connectivity index (χ0n) is 12.9. The van der Waals surface area contributed by atoms with Gasteiger partial charge in [-0.25, -0.2) is 0 Å². The van der Waals surface area contributed by atoms with E-state index in [1.807, 2.05) is 30.3 Å². The lowest BCUT2D eigenvalue weighted by Gasteiger charge is -2.08. The molecule has 0 unspecified atom stereocenters. The monoisotopic (exact) mass is 350 g/mol. The third-order valence-electron chi connectivity index (χ3n) is 3.30. The van der Waals surface area contributed by atoms with E-state index in [0.29, 0.717) is 11.4 Å². The second-order valence-electron chi connectivity index (χ2n) is 5.08. The molecule has 1 N–H and O–H groups in total. The molecule has 6 heteroatoms. The average Bonchev–Trinajstić information content (AvgIpc) is 2.56. The molecule has 0 aliphatic heterocycles. The molecule has 0 radical (unpaired) electrons. The van der Waals surface area contributed by atoms with E-state index in [0.717, 1.165) is 24.1 Å². The number of benzene rings is 2. The Morgan fingerprint density at radius 3 is 2.35 bits per heavy atom. The summed E-state index contributed by atoms with van der Waals surface area (Å²) in [6, 6.07) is 15.6. The zero-order chi connectivity index (χ0) is 16.7. The van der Waals surface area contributed by atoms with Crippen LogP contribution in [-0.4, -0.2) is 14.1 Å². The molecule has 0 heterocycles. The average molecular weight is 351 g/mol. The molecule has 0 bridgehead atoms. The van der Waals surface area contributed by atoms with Crippen LogP contribution in [0.3, 0.4) is 0 Å². The maximum Gasteiger partial charge on any atom is 0.276 e. The maximum atomic E-state index is 12.3. The predicted molar refractivity (Wildman–Crippen MR) is 94.3 cm³/mol. The summed E-state index contributed by atoms with van der Waals surface area (Å²) in [7, 11) is -3.70. The highest BCUT2D eigenvalue weighted by atomic mass is 35.5. The second-order valence-corrected chi connectivity index (χ2v) is 7.17. The Labute approximate surface area is 142 Å². The molecule has 0 amide bonds. The van der Waals surface area contributed by atoms with Crippen molar-refractivity contribution in [3.63, 3.8) is 0 Å². The largest absolute Gasteiger partial charge is 0.276 e. The number of sulfonamides is 1. The van der Waals surface area contributed by atoms with Crippen molar-refractivity contribution >= 4 is 27.3 Å². The van der Waals surface area contributed by atoms with Crippen LogP contribution in [-0.2, 0) is 10.0 Å². The molecule has 0 aromatic heterocycles.